The molecule has 1 fully saturated rings. The van der Waals surface area contributed by atoms with Gasteiger partial charge in [0.25, 0.3) is 0 Å². The minimum absolute atomic E-state index is 0. The molecular weight excluding hydrogens is 355 g/mol. The summed E-state index contributed by atoms with van der Waals surface area (Å²) < 4.78 is 4.99. The molecule has 19 heavy (non-hydrogen) atoms. The van der Waals surface area contributed by atoms with Crippen LogP contribution in [0.15, 0.2) is 4.99 Å². The fourth-order valence-corrected chi connectivity index (χ4v) is 2.31. The lowest BCUT2D eigenvalue weighted by atomic mass is 10.0. The number of hydrogen-bond donors (Lipinski definition) is 2. The summed E-state index contributed by atoms with van der Waals surface area (Å²) >= 11 is 0. The van der Waals surface area contributed by atoms with E-state index in [1.807, 2.05) is 0 Å². The third-order valence-corrected chi connectivity index (χ3v) is 3.28. The molecule has 0 radical (unpaired) electrons. The first kappa shape index (κ1) is 18.9. The molecule has 6 heteroatoms. The van der Waals surface area contributed by atoms with Crippen molar-refractivity contribution < 1.29 is 4.74 Å². The summed E-state index contributed by atoms with van der Waals surface area (Å²) in [6.07, 6.45) is 2.71. The lowest BCUT2D eigenvalue weighted by Gasteiger charge is -2.30. The van der Waals surface area contributed by atoms with E-state index in [2.05, 4.69) is 27.4 Å². The summed E-state index contributed by atoms with van der Waals surface area (Å²) in [6, 6.07) is 0. The number of halogens is 1. The molecule has 114 valence electrons. The van der Waals surface area contributed by atoms with Crippen LogP contribution in [0, 0.1) is 5.92 Å². The summed E-state index contributed by atoms with van der Waals surface area (Å²) in [5.74, 6) is 1.70. The van der Waals surface area contributed by atoms with Gasteiger partial charge in [-0.25, -0.2) is 0 Å². The van der Waals surface area contributed by atoms with E-state index in [9.17, 15) is 0 Å². The van der Waals surface area contributed by atoms with Gasteiger partial charge in [-0.3, -0.25) is 4.99 Å². The van der Waals surface area contributed by atoms with Crippen LogP contribution in [0.4, 0.5) is 0 Å². The molecule has 1 unspecified atom stereocenters. The number of likely N-dealkylation sites (tertiary alicyclic amines) is 1. The van der Waals surface area contributed by atoms with Crippen LogP contribution in [-0.4, -0.2) is 64.3 Å². The maximum absolute atomic E-state index is 4.99. The zero-order chi connectivity index (χ0) is 13.2. The van der Waals surface area contributed by atoms with E-state index < -0.39 is 0 Å². The van der Waals surface area contributed by atoms with Crippen molar-refractivity contribution in [1.82, 2.24) is 15.5 Å². The van der Waals surface area contributed by atoms with Gasteiger partial charge in [0.2, 0.25) is 0 Å². The molecule has 1 rings (SSSR count). The summed E-state index contributed by atoms with van der Waals surface area (Å²) in [4.78, 5) is 6.71. The standard InChI is InChI=1S/C13H28N4O.HI/c1-12-5-4-8-17(11-12)9-6-15-13(14-2)16-7-10-18-3;/h12H,4-11H2,1-3H3,(H2,14,15,16);1H. The highest BCUT2D eigenvalue weighted by Gasteiger charge is 2.15. The molecule has 0 spiro atoms. The molecular formula is C13H29IN4O. The van der Waals surface area contributed by atoms with E-state index in [0.29, 0.717) is 6.61 Å². The summed E-state index contributed by atoms with van der Waals surface area (Å²) in [6.45, 7) is 8.33. The number of ether oxygens (including phenoxy) is 1. The Morgan fingerprint density at radius 2 is 2.11 bits per heavy atom. The van der Waals surface area contributed by atoms with Crippen LogP contribution in [0.5, 0.6) is 0 Å². The highest BCUT2D eigenvalue weighted by atomic mass is 127. The smallest absolute Gasteiger partial charge is 0.191 e. The van der Waals surface area contributed by atoms with Crippen LogP contribution in [0.1, 0.15) is 19.8 Å². The number of nitrogens with zero attached hydrogens (tertiary/aromatic N) is 2. The molecule has 0 bridgehead atoms. The second-order valence-electron chi connectivity index (χ2n) is 4.97. The Hall–Kier alpha value is -0.0800. The van der Waals surface area contributed by atoms with Crippen LogP contribution in [0.3, 0.4) is 0 Å². The first-order valence-corrected chi connectivity index (χ1v) is 6.92. The number of guanidine groups is 1. The van der Waals surface area contributed by atoms with Crippen LogP contribution in [0.2, 0.25) is 0 Å². The summed E-state index contributed by atoms with van der Waals surface area (Å²) in [5, 5.41) is 6.54. The van der Waals surface area contributed by atoms with Gasteiger partial charge in [0.05, 0.1) is 6.61 Å². The number of piperidine rings is 1. The van der Waals surface area contributed by atoms with Crippen molar-refractivity contribution in [3.05, 3.63) is 0 Å². The fraction of sp³-hybridized carbons (Fsp3) is 0.923. The number of rotatable bonds is 6. The predicted molar refractivity (Wildman–Crippen MR) is 91.5 cm³/mol. The van der Waals surface area contributed by atoms with Crippen molar-refractivity contribution >= 4 is 29.9 Å². The van der Waals surface area contributed by atoms with Gasteiger partial charge in [-0.15, -0.1) is 24.0 Å². The quantitative estimate of drug-likeness (QED) is 0.312. The number of nitrogens with one attached hydrogen (secondary N) is 2. The topological polar surface area (TPSA) is 48.9 Å². The van der Waals surface area contributed by atoms with Crippen molar-refractivity contribution in [2.75, 3.05) is 53.5 Å². The fourth-order valence-electron chi connectivity index (χ4n) is 2.31. The third-order valence-electron chi connectivity index (χ3n) is 3.28. The van der Waals surface area contributed by atoms with Gasteiger partial charge in [-0.05, 0) is 25.3 Å². The molecule has 1 aliphatic rings. The Morgan fingerprint density at radius 1 is 1.37 bits per heavy atom. The average Bonchev–Trinajstić information content (AvgIpc) is 2.37. The van der Waals surface area contributed by atoms with E-state index in [1.165, 1.54) is 25.9 Å². The Labute approximate surface area is 134 Å². The second-order valence-corrected chi connectivity index (χ2v) is 4.97. The minimum Gasteiger partial charge on any atom is -0.383 e. The maximum atomic E-state index is 4.99. The third kappa shape index (κ3) is 8.65. The molecule has 1 heterocycles. The Kier molecular flexibility index (Phi) is 11.7. The first-order chi connectivity index (χ1) is 8.76. The molecule has 0 amide bonds. The van der Waals surface area contributed by atoms with Crippen molar-refractivity contribution in [3.8, 4) is 0 Å². The highest BCUT2D eigenvalue weighted by Crippen LogP contribution is 2.14. The van der Waals surface area contributed by atoms with E-state index in [-0.39, 0.29) is 24.0 Å². The van der Waals surface area contributed by atoms with Crippen molar-refractivity contribution in [1.29, 1.82) is 0 Å². The summed E-state index contributed by atoms with van der Waals surface area (Å²) in [5.41, 5.74) is 0. The van der Waals surface area contributed by atoms with E-state index in [0.717, 1.165) is 31.5 Å². The molecule has 1 atom stereocenters. The monoisotopic (exact) mass is 384 g/mol. The number of aliphatic imine (C=N–C) groups is 1. The SMILES string of the molecule is CN=C(NCCOC)NCCN1CCCC(C)C1.I. The zero-order valence-electron chi connectivity index (χ0n) is 12.4. The van der Waals surface area contributed by atoms with Gasteiger partial charge in [0.15, 0.2) is 5.96 Å². The summed E-state index contributed by atoms with van der Waals surface area (Å²) in [7, 11) is 3.50. The van der Waals surface area contributed by atoms with Crippen LogP contribution >= 0.6 is 24.0 Å². The normalized spacial score (nSPS) is 20.8. The predicted octanol–water partition coefficient (Wildman–Crippen LogP) is 1.15. The first-order valence-electron chi connectivity index (χ1n) is 6.92. The van der Waals surface area contributed by atoms with E-state index in [1.54, 1.807) is 14.2 Å². The van der Waals surface area contributed by atoms with E-state index >= 15 is 0 Å². The van der Waals surface area contributed by atoms with Crippen LogP contribution in [0.25, 0.3) is 0 Å². The largest absolute Gasteiger partial charge is 0.383 e. The molecule has 0 aromatic heterocycles. The molecule has 0 aliphatic carbocycles. The van der Waals surface area contributed by atoms with Crippen molar-refractivity contribution in [2.24, 2.45) is 10.9 Å². The van der Waals surface area contributed by atoms with Crippen molar-refractivity contribution in [2.45, 2.75) is 19.8 Å². The molecule has 5 nitrogen and oxygen atoms in total. The van der Waals surface area contributed by atoms with Crippen LogP contribution in [-0.2, 0) is 4.74 Å². The Balaban J connectivity index is 0.00000324. The molecule has 0 aromatic rings. The average molecular weight is 384 g/mol. The zero-order valence-corrected chi connectivity index (χ0v) is 14.8. The van der Waals surface area contributed by atoms with Crippen LogP contribution < -0.4 is 10.6 Å². The molecule has 0 aromatic carbocycles. The molecule has 0 saturated carbocycles. The number of methoxy groups -OCH3 is 1. The van der Waals surface area contributed by atoms with Crippen molar-refractivity contribution in [3.63, 3.8) is 0 Å². The number of hydrogen-bond acceptors (Lipinski definition) is 3. The van der Waals surface area contributed by atoms with Gasteiger partial charge in [-0.1, -0.05) is 6.92 Å². The second kappa shape index (κ2) is 11.7. The molecule has 2 N–H and O–H groups in total. The lowest BCUT2D eigenvalue weighted by Crippen LogP contribution is -2.44. The van der Waals surface area contributed by atoms with Gasteiger partial charge in [0.1, 0.15) is 0 Å². The maximum Gasteiger partial charge on any atom is 0.191 e. The van der Waals surface area contributed by atoms with Gasteiger partial charge in [0, 0.05) is 40.3 Å². The highest BCUT2D eigenvalue weighted by molar-refractivity contribution is 14.0. The van der Waals surface area contributed by atoms with Gasteiger partial charge < -0.3 is 20.3 Å². The van der Waals surface area contributed by atoms with Gasteiger partial charge >= 0.3 is 0 Å². The Bertz CT molecular complexity index is 251. The minimum atomic E-state index is 0. The molecule has 1 aliphatic heterocycles. The van der Waals surface area contributed by atoms with Gasteiger partial charge in [-0.2, -0.15) is 0 Å². The molecule has 1 saturated heterocycles. The van der Waals surface area contributed by atoms with E-state index in [4.69, 9.17) is 4.74 Å². The Morgan fingerprint density at radius 3 is 2.74 bits per heavy atom. The lowest BCUT2D eigenvalue weighted by molar-refractivity contribution is 0.186.